The van der Waals surface area contributed by atoms with Crippen molar-refractivity contribution in [1.82, 2.24) is 4.98 Å². The number of esters is 1. The van der Waals surface area contributed by atoms with Crippen LogP contribution >= 0.6 is 23.2 Å². The fourth-order valence-electron chi connectivity index (χ4n) is 1.93. The topological polar surface area (TPSA) is 68.3 Å². The highest BCUT2D eigenvalue weighted by atomic mass is 35.5. The van der Waals surface area contributed by atoms with Crippen LogP contribution in [0.15, 0.2) is 36.0 Å². The van der Waals surface area contributed by atoms with Crippen LogP contribution in [0.25, 0.3) is 0 Å². The van der Waals surface area contributed by atoms with Gasteiger partial charge in [0.25, 0.3) is 0 Å². The van der Waals surface area contributed by atoms with Gasteiger partial charge in [0.2, 0.25) is 5.78 Å². The molecule has 0 atom stereocenters. The second kappa shape index (κ2) is 8.88. The molecule has 0 unspecified atom stereocenters. The van der Waals surface area contributed by atoms with E-state index in [4.69, 9.17) is 27.9 Å². The Bertz CT molecular complexity index is 936. The number of carbonyl (C=O) groups is 2. The number of ketones is 1. The van der Waals surface area contributed by atoms with Gasteiger partial charge in [-0.15, -0.1) is 0 Å². The number of carbonyl (C=O) groups excluding carboxylic acids is 2. The molecule has 1 aromatic carbocycles. The lowest BCUT2D eigenvalue weighted by Crippen LogP contribution is -2.18. The second-order valence-corrected chi connectivity index (χ2v) is 5.69. The van der Waals surface area contributed by atoms with Gasteiger partial charge in [-0.2, -0.15) is 0 Å². The van der Waals surface area contributed by atoms with Gasteiger partial charge in [-0.1, -0.05) is 23.2 Å². The molecule has 2 rings (SSSR count). The molecule has 1 N–H and O–H groups in total. The van der Waals surface area contributed by atoms with E-state index in [-0.39, 0.29) is 12.3 Å². The van der Waals surface area contributed by atoms with E-state index < -0.39 is 50.6 Å². The highest BCUT2D eigenvalue weighted by Gasteiger charge is 2.25. The molecular weight excluding hydrogens is 408 g/mol. The van der Waals surface area contributed by atoms with E-state index in [1.54, 1.807) is 0 Å². The van der Waals surface area contributed by atoms with Gasteiger partial charge in [-0.25, -0.2) is 22.9 Å². The largest absolute Gasteiger partial charge is 0.462 e. The summed E-state index contributed by atoms with van der Waals surface area (Å²) in [6.07, 6.45) is 0.847. The Labute approximate surface area is 161 Å². The smallest absolute Gasteiger partial charge is 0.343 e. The number of hydrogen-bond acceptors (Lipinski definition) is 5. The minimum absolute atomic E-state index is 0.0602. The molecule has 0 fully saturated rings. The van der Waals surface area contributed by atoms with Crippen molar-refractivity contribution in [3.8, 4) is 0 Å². The summed E-state index contributed by atoms with van der Waals surface area (Å²) < 4.78 is 45.1. The van der Waals surface area contributed by atoms with Crippen LogP contribution in [0.5, 0.6) is 0 Å². The van der Waals surface area contributed by atoms with Gasteiger partial charge in [-0.3, -0.25) is 4.79 Å². The van der Waals surface area contributed by atoms with Crippen LogP contribution in [0.1, 0.15) is 17.3 Å². The first-order valence-corrected chi connectivity index (χ1v) is 8.15. The lowest BCUT2D eigenvalue weighted by Gasteiger charge is -2.09. The number of ether oxygens (including phenoxy) is 1. The monoisotopic (exact) mass is 418 g/mol. The number of benzene rings is 1. The van der Waals surface area contributed by atoms with Gasteiger partial charge in [0.1, 0.15) is 22.4 Å². The molecule has 0 aliphatic carbocycles. The number of halogens is 5. The molecule has 2 aromatic rings. The molecule has 1 heterocycles. The highest BCUT2D eigenvalue weighted by molar-refractivity contribution is 6.37. The van der Waals surface area contributed by atoms with E-state index in [1.807, 2.05) is 0 Å². The summed E-state index contributed by atoms with van der Waals surface area (Å²) in [5.41, 5.74) is -1.26. The molecule has 27 heavy (non-hydrogen) atoms. The molecule has 1 aromatic heterocycles. The van der Waals surface area contributed by atoms with Crippen molar-refractivity contribution in [2.75, 3.05) is 11.9 Å². The predicted molar refractivity (Wildman–Crippen MR) is 93.2 cm³/mol. The van der Waals surface area contributed by atoms with Crippen molar-refractivity contribution in [1.29, 1.82) is 0 Å². The zero-order chi connectivity index (χ0) is 20.1. The zero-order valence-electron chi connectivity index (χ0n) is 13.7. The van der Waals surface area contributed by atoms with Crippen LogP contribution in [0.2, 0.25) is 10.3 Å². The fourth-order valence-corrected chi connectivity index (χ4v) is 2.34. The normalized spacial score (nSPS) is 11.3. The maximum absolute atomic E-state index is 13.7. The van der Waals surface area contributed by atoms with Crippen molar-refractivity contribution in [2.45, 2.75) is 6.92 Å². The van der Waals surface area contributed by atoms with Gasteiger partial charge in [0, 0.05) is 12.3 Å². The third-order valence-electron chi connectivity index (χ3n) is 3.17. The fraction of sp³-hybridized carbons (Fsp3) is 0.118. The summed E-state index contributed by atoms with van der Waals surface area (Å²) >= 11 is 11.3. The summed E-state index contributed by atoms with van der Waals surface area (Å²) in [5, 5.41) is 1.38. The van der Waals surface area contributed by atoms with E-state index in [1.165, 1.54) is 6.92 Å². The lowest BCUT2D eigenvalue weighted by molar-refractivity contribution is -0.138. The third-order valence-corrected chi connectivity index (χ3v) is 3.73. The van der Waals surface area contributed by atoms with Crippen molar-refractivity contribution >= 4 is 40.6 Å². The number of anilines is 1. The lowest BCUT2D eigenvalue weighted by atomic mass is 10.1. The van der Waals surface area contributed by atoms with Gasteiger partial charge in [0.05, 0.1) is 17.9 Å². The Morgan fingerprint density at radius 3 is 2.48 bits per heavy atom. The zero-order valence-corrected chi connectivity index (χ0v) is 15.2. The summed E-state index contributed by atoms with van der Waals surface area (Å²) in [5.74, 6) is -4.89. The van der Waals surface area contributed by atoms with Crippen LogP contribution < -0.4 is 5.32 Å². The molecule has 0 aliphatic heterocycles. The number of rotatable bonds is 6. The summed E-state index contributed by atoms with van der Waals surface area (Å²) in [6.45, 7) is 1.44. The number of nitrogens with zero attached hydrogens (tertiary/aromatic N) is 1. The number of aromatic nitrogens is 1. The molecule has 0 saturated heterocycles. The molecule has 0 bridgehead atoms. The van der Waals surface area contributed by atoms with E-state index in [9.17, 15) is 22.8 Å². The van der Waals surface area contributed by atoms with Gasteiger partial charge in [0.15, 0.2) is 11.0 Å². The van der Waals surface area contributed by atoms with Gasteiger partial charge in [-0.05, 0) is 25.1 Å². The molecule has 0 spiro atoms. The molecule has 0 saturated carbocycles. The van der Waals surface area contributed by atoms with E-state index in [2.05, 4.69) is 10.3 Å². The van der Waals surface area contributed by atoms with E-state index in [0.29, 0.717) is 12.1 Å². The average molecular weight is 419 g/mol. The van der Waals surface area contributed by atoms with Gasteiger partial charge < -0.3 is 10.1 Å². The van der Waals surface area contributed by atoms with E-state index >= 15 is 0 Å². The minimum atomic E-state index is -1.07. The van der Waals surface area contributed by atoms with E-state index in [0.717, 1.165) is 18.3 Å². The predicted octanol–water partition coefficient (Wildman–Crippen LogP) is 4.55. The first-order valence-electron chi connectivity index (χ1n) is 7.39. The molecule has 0 aliphatic rings. The van der Waals surface area contributed by atoms with Crippen molar-refractivity contribution in [3.05, 3.63) is 69.4 Å². The first kappa shape index (κ1) is 20.7. The number of nitrogens with one attached hydrogen (secondary N) is 1. The SMILES string of the molecule is CCOC(=O)C(=CNc1ccc(F)cc1F)C(=O)c1cc(F)c(Cl)nc1Cl. The van der Waals surface area contributed by atoms with Crippen LogP contribution in [0.3, 0.4) is 0 Å². The van der Waals surface area contributed by atoms with Crippen LogP contribution in [-0.2, 0) is 9.53 Å². The molecule has 0 radical (unpaired) electrons. The number of Topliss-reactive ketones (excluding diaryl/α,β-unsaturated/α-hetero) is 1. The summed E-state index contributed by atoms with van der Waals surface area (Å²) in [6, 6.07) is 3.36. The Hall–Kier alpha value is -2.58. The maximum Gasteiger partial charge on any atom is 0.343 e. The molecule has 0 amide bonds. The van der Waals surface area contributed by atoms with Crippen LogP contribution in [0, 0.1) is 17.5 Å². The van der Waals surface area contributed by atoms with Crippen molar-refractivity contribution < 1.29 is 27.5 Å². The summed E-state index contributed by atoms with van der Waals surface area (Å²) in [7, 11) is 0. The van der Waals surface area contributed by atoms with Crippen molar-refractivity contribution in [3.63, 3.8) is 0 Å². The van der Waals surface area contributed by atoms with Crippen LogP contribution in [-0.4, -0.2) is 23.3 Å². The Balaban J connectivity index is 2.43. The quantitative estimate of drug-likeness (QED) is 0.186. The average Bonchev–Trinajstić information content (AvgIpc) is 2.60. The molecule has 10 heteroatoms. The highest BCUT2D eigenvalue weighted by Crippen LogP contribution is 2.24. The molecule has 142 valence electrons. The standard InChI is InChI=1S/C17H11Cl2F3N2O3/c1-2-27-17(26)10(7-23-13-4-3-8(20)5-11(13)21)14(25)9-6-12(22)16(19)24-15(9)18/h3-7,23H,2H2,1H3. The third kappa shape index (κ3) is 4.99. The molecular formula is C17H11Cl2F3N2O3. The Morgan fingerprint density at radius 2 is 1.85 bits per heavy atom. The number of hydrogen-bond donors (Lipinski definition) is 1. The van der Waals surface area contributed by atoms with Gasteiger partial charge >= 0.3 is 5.97 Å². The Kier molecular flexibility index (Phi) is 6.81. The maximum atomic E-state index is 13.7. The minimum Gasteiger partial charge on any atom is -0.462 e. The first-order chi connectivity index (χ1) is 12.7. The summed E-state index contributed by atoms with van der Waals surface area (Å²) in [4.78, 5) is 28.2. The Morgan fingerprint density at radius 1 is 1.15 bits per heavy atom. The van der Waals surface area contributed by atoms with Crippen molar-refractivity contribution in [2.24, 2.45) is 0 Å². The second-order valence-electron chi connectivity index (χ2n) is 4.98. The van der Waals surface area contributed by atoms with Crippen LogP contribution in [0.4, 0.5) is 18.9 Å². The number of pyridine rings is 1. The molecule has 5 nitrogen and oxygen atoms in total.